The Bertz CT molecular complexity index is 276. The lowest BCUT2D eigenvalue weighted by Gasteiger charge is -2.30. The summed E-state index contributed by atoms with van der Waals surface area (Å²) in [7, 11) is 0. The van der Waals surface area contributed by atoms with E-state index in [1.165, 1.54) is 0 Å². The molecular formula is C12H17ClO2. The summed E-state index contributed by atoms with van der Waals surface area (Å²) < 4.78 is 0. The van der Waals surface area contributed by atoms with Crippen molar-refractivity contribution in [3.63, 3.8) is 0 Å². The molecule has 0 heterocycles. The molecule has 0 aromatic heterocycles. The number of hydrogen-bond acceptors (Lipinski definition) is 2. The van der Waals surface area contributed by atoms with Crippen LogP contribution in [0.5, 0.6) is 0 Å². The highest BCUT2D eigenvalue weighted by atomic mass is 35.5. The van der Waals surface area contributed by atoms with Gasteiger partial charge in [-0.3, -0.25) is 9.59 Å². The van der Waals surface area contributed by atoms with Crippen LogP contribution in [0.1, 0.15) is 33.1 Å². The normalized spacial score (nSPS) is 39.3. The SMILES string of the molecule is CC(Cl)C(C)C1C(=O)C2CCC(C2)C1=O. The van der Waals surface area contributed by atoms with Gasteiger partial charge in [-0.25, -0.2) is 0 Å². The molecule has 2 aliphatic rings. The smallest absolute Gasteiger partial charge is 0.146 e. The van der Waals surface area contributed by atoms with E-state index in [-0.39, 0.29) is 34.7 Å². The highest BCUT2D eigenvalue weighted by Crippen LogP contribution is 2.43. The Hall–Kier alpha value is -0.370. The Morgan fingerprint density at radius 3 is 2.00 bits per heavy atom. The van der Waals surface area contributed by atoms with Crippen LogP contribution in [0.25, 0.3) is 0 Å². The highest BCUT2D eigenvalue weighted by molar-refractivity contribution is 6.21. The fraction of sp³-hybridized carbons (Fsp3) is 0.833. The van der Waals surface area contributed by atoms with Crippen molar-refractivity contribution in [1.82, 2.24) is 0 Å². The molecule has 4 unspecified atom stereocenters. The zero-order chi connectivity index (χ0) is 11.2. The van der Waals surface area contributed by atoms with Crippen molar-refractivity contribution in [2.75, 3.05) is 0 Å². The molecule has 0 N–H and O–H groups in total. The Balaban J connectivity index is 2.23. The summed E-state index contributed by atoms with van der Waals surface area (Å²) in [5.41, 5.74) is 0. The lowest BCUT2D eigenvalue weighted by molar-refractivity contribution is -0.141. The first-order chi connectivity index (χ1) is 7.02. The maximum absolute atomic E-state index is 12.1. The molecule has 2 nitrogen and oxygen atoms in total. The first kappa shape index (κ1) is 11.1. The monoisotopic (exact) mass is 228 g/mol. The van der Waals surface area contributed by atoms with E-state index >= 15 is 0 Å². The number of rotatable bonds is 2. The Morgan fingerprint density at radius 1 is 1.13 bits per heavy atom. The molecule has 0 saturated heterocycles. The summed E-state index contributed by atoms with van der Waals surface area (Å²) in [5, 5.41) is -0.111. The minimum Gasteiger partial charge on any atom is -0.299 e. The summed E-state index contributed by atoms with van der Waals surface area (Å²) in [6, 6.07) is 0. The molecule has 0 amide bonds. The first-order valence-electron chi connectivity index (χ1n) is 5.74. The molecular weight excluding hydrogens is 212 g/mol. The van der Waals surface area contributed by atoms with Crippen molar-refractivity contribution in [2.24, 2.45) is 23.7 Å². The van der Waals surface area contributed by atoms with Gasteiger partial charge in [-0.2, -0.15) is 0 Å². The zero-order valence-corrected chi connectivity index (χ0v) is 9.96. The zero-order valence-electron chi connectivity index (χ0n) is 9.20. The van der Waals surface area contributed by atoms with Gasteiger partial charge in [0.15, 0.2) is 0 Å². The van der Waals surface area contributed by atoms with Gasteiger partial charge in [0, 0.05) is 17.2 Å². The fourth-order valence-corrected chi connectivity index (χ4v) is 3.08. The Morgan fingerprint density at radius 2 is 1.60 bits per heavy atom. The average Bonchev–Trinajstić information content (AvgIpc) is 2.61. The van der Waals surface area contributed by atoms with Crippen LogP contribution in [0.2, 0.25) is 0 Å². The third kappa shape index (κ3) is 1.73. The summed E-state index contributed by atoms with van der Waals surface area (Å²) in [5.74, 6) is 0.187. The van der Waals surface area contributed by atoms with Crippen molar-refractivity contribution in [3.8, 4) is 0 Å². The standard InChI is InChI=1S/C12H17ClO2/c1-6(7(2)13)10-11(14)8-3-4-9(5-8)12(10)15/h6-10H,3-5H2,1-2H3. The number of hydrogen-bond donors (Lipinski definition) is 0. The molecule has 2 bridgehead atoms. The molecule has 2 rings (SSSR count). The van der Waals surface area contributed by atoms with Gasteiger partial charge in [0.05, 0.1) is 5.92 Å². The van der Waals surface area contributed by atoms with Crippen LogP contribution in [-0.2, 0) is 9.59 Å². The number of alkyl halides is 1. The van der Waals surface area contributed by atoms with E-state index in [1.807, 2.05) is 13.8 Å². The van der Waals surface area contributed by atoms with Gasteiger partial charge in [-0.1, -0.05) is 6.92 Å². The number of fused-ring (bicyclic) bond motifs is 2. The summed E-state index contributed by atoms with van der Waals surface area (Å²) in [6.45, 7) is 3.78. The van der Waals surface area contributed by atoms with Gasteiger partial charge < -0.3 is 0 Å². The second kappa shape index (κ2) is 3.89. The van der Waals surface area contributed by atoms with E-state index < -0.39 is 5.92 Å². The van der Waals surface area contributed by atoms with Gasteiger partial charge in [-0.15, -0.1) is 11.6 Å². The van der Waals surface area contributed by atoms with E-state index in [9.17, 15) is 9.59 Å². The lowest BCUT2D eigenvalue weighted by Crippen LogP contribution is -2.42. The Kier molecular flexibility index (Phi) is 2.89. The fourth-order valence-electron chi connectivity index (χ4n) is 2.93. The van der Waals surface area contributed by atoms with E-state index in [2.05, 4.69) is 0 Å². The Labute approximate surface area is 95.4 Å². The van der Waals surface area contributed by atoms with Gasteiger partial charge in [0.2, 0.25) is 0 Å². The van der Waals surface area contributed by atoms with E-state index in [0.717, 1.165) is 19.3 Å². The van der Waals surface area contributed by atoms with Gasteiger partial charge in [-0.05, 0) is 32.1 Å². The molecule has 4 atom stereocenters. The molecule has 15 heavy (non-hydrogen) atoms. The molecule has 2 aliphatic carbocycles. The maximum atomic E-state index is 12.1. The number of carbonyl (C=O) groups is 2. The van der Waals surface area contributed by atoms with Crippen LogP contribution in [0, 0.1) is 23.7 Å². The minimum atomic E-state index is -0.413. The van der Waals surface area contributed by atoms with Crippen molar-refractivity contribution < 1.29 is 9.59 Å². The van der Waals surface area contributed by atoms with E-state index in [4.69, 9.17) is 11.6 Å². The molecule has 0 radical (unpaired) electrons. The highest BCUT2D eigenvalue weighted by Gasteiger charge is 2.49. The predicted molar refractivity (Wildman–Crippen MR) is 58.8 cm³/mol. The molecule has 0 aromatic carbocycles. The quantitative estimate of drug-likeness (QED) is 0.538. The largest absolute Gasteiger partial charge is 0.299 e. The minimum absolute atomic E-state index is 0.0185. The molecule has 2 fully saturated rings. The summed E-state index contributed by atoms with van der Waals surface area (Å²) in [4.78, 5) is 24.1. The third-order valence-electron chi connectivity index (χ3n) is 4.10. The van der Waals surface area contributed by atoms with E-state index in [1.54, 1.807) is 0 Å². The van der Waals surface area contributed by atoms with E-state index in [0.29, 0.717) is 0 Å². The predicted octanol–water partition coefficient (Wildman–Crippen LogP) is 2.43. The maximum Gasteiger partial charge on any atom is 0.146 e. The van der Waals surface area contributed by atoms with Crippen molar-refractivity contribution >= 4 is 23.2 Å². The molecule has 3 heteroatoms. The molecule has 2 saturated carbocycles. The molecule has 0 aromatic rings. The van der Waals surface area contributed by atoms with Crippen molar-refractivity contribution in [2.45, 2.75) is 38.5 Å². The summed E-state index contributed by atoms with van der Waals surface area (Å²) >= 11 is 6.00. The van der Waals surface area contributed by atoms with Gasteiger partial charge in [0.1, 0.15) is 11.6 Å². The first-order valence-corrected chi connectivity index (χ1v) is 6.17. The number of carbonyl (C=O) groups excluding carboxylic acids is 2. The lowest BCUT2D eigenvalue weighted by atomic mass is 9.72. The van der Waals surface area contributed by atoms with Crippen molar-refractivity contribution in [1.29, 1.82) is 0 Å². The van der Waals surface area contributed by atoms with Crippen LogP contribution in [0.3, 0.4) is 0 Å². The van der Waals surface area contributed by atoms with Crippen LogP contribution in [0.4, 0.5) is 0 Å². The van der Waals surface area contributed by atoms with Gasteiger partial charge in [0.25, 0.3) is 0 Å². The number of halogens is 1. The second-order valence-corrected chi connectivity index (χ2v) is 5.71. The van der Waals surface area contributed by atoms with Crippen LogP contribution >= 0.6 is 11.6 Å². The number of ketones is 2. The molecule has 84 valence electrons. The van der Waals surface area contributed by atoms with Crippen LogP contribution in [0.15, 0.2) is 0 Å². The van der Waals surface area contributed by atoms with Crippen LogP contribution < -0.4 is 0 Å². The third-order valence-corrected chi connectivity index (χ3v) is 4.50. The van der Waals surface area contributed by atoms with Crippen LogP contribution in [-0.4, -0.2) is 16.9 Å². The topological polar surface area (TPSA) is 34.1 Å². The van der Waals surface area contributed by atoms with Crippen molar-refractivity contribution in [3.05, 3.63) is 0 Å². The molecule has 0 spiro atoms. The average molecular weight is 229 g/mol. The molecule has 0 aliphatic heterocycles. The number of Topliss-reactive ketones (excluding diaryl/α,β-unsaturated/α-hetero) is 2. The second-order valence-electron chi connectivity index (χ2n) is 5.03. The summed E-state index contributed by atoms with van der Waals surface area (Å²) in [6.07, 6.45) is 2.63. The van der Waals surface area contributed by atoms with Gasteiger partial charge >= 0.3 is 0 Å².